The lowest BCUT2D eigenvalue weighted by Gasteiger charge is -2.32. The van der Waals surface area contributed by atoms with Crippen molar-refractivity contribution < 1.29 is 21.6 Å². The molecule has 4 bridgehead atoms. The van der Waals surface area contributed by atoms with Crippen LogP contribution < -0.4 is 0 Å². The lowest BCUT2D eigenvalue weighted by Crippen LogP contribution is -2.45. The van der Waals surface area contributed by atoms with Gasteiger partial charge in [-0.15, -0.1) is 0 Å². The van der Waals surface area contributed by atoms with Gasteiger partial charge in [0.25, 0.3) is 10.0 Å². The quantitative estimate of drug-likeness (QED) is 0.433. The molecule has 8 heteroatoms. The summed E-state index contributed by atoms with van der Waals surface area (Å²) in [6.45, 7) is 6.01. The Morgan fingerprint density at radius 1 is 0.872 bits per heavy atom. The van der Waals surface area contributed by atoms with Crippen molar-refractivity contribution in [2.24, 2.45) is 23.7 Å². The van der Waals surface area contributed by atoms with E-state index in [4.69, 9.17) is 0 Å². The summed E-state index contributed by atoms with van der Waals surface area (Å²) < 4.78 is 58.3. The Bertz CT molecular complexity index is 1490. The predicted molar refractivity (Wildman–Crippen MR) is 152 cm³/mol. The van der Waals surface area contributed by atoms with Crippen LogP contribution in [0, 0.1) is 30.6 Å². The van der Waals surface area contributed by atoms with E-state index in [-0.39, 0.29) is 51.4 Å². The van der Waals surface area contributed by atoms with Crippen molar-refractivity contribution in [1.82, 2.24) is 4.31 Å². The van der Waals surface area contributed by atoms with E-state index in [1.165, 1.54) is 4.31 Å². The minimum atomic E-state index is -4.21. The molecule has 2 heterocycles. The van der Waals surface area contributed by atoms with Gasteiger partial charge < -0.3 is 0 Å². The summed E-state index contributed by atoms with van der Waals surface area (Å²) >= 11 is 0. The lowest BCUT2D eigenvalue weighted by molar-refractivity contribution is -0.124. The van der Waals surface area contributed by atoms with E-state index < -0.39 is 31.2 Å². The number of carbonyl (C=O) groups is 1. The summed E-state index contributed by atoms with van der Waals surface area (Å²) in [7, 11) is -8.16. The molecule has 0 saturated heterocycles. The van der Waals surface area contributed by atoms with Crippen molar-refractivity contribution in [3.63, 3.8) is 0 Å². The molecule has 0 radical (unpaired) electrons. The summed E-state index contributed by atoms with van der Waals surface area (Å²) in [5.74, 6) is -0.757. The normalized spacial score (nSPS) is 28.6. The fourth-order valence-corrected chi connectivity index (χ4v) is 10.4. The minimum Gasteiger partial charge on any atom is -0.297 e. The first-order valence-electron chi connectivity index (χ1n) is 13.9. The zero-order chi connectivity index (χ0) is 27.9. The Morgan fingerprint density at radius 3 is 2.23 bits per heavy atom. The molecule has 2 aromatic carbocycles. The number of sulfone groups is 1. The average Bonchev–Trinajstić information content (AvgIpc) is 3.41. The smallest absolute Gasteiger partial charge is 0.264 e. The second-order valence-corrected chi connectivity index (χ2v) is 15.3. The number of allylic oxidation sites excluding steroid dienone is 2. The summed E-state index contributed by atoms with van der Waals surface area (Å²) in [6, 6.07) is 13.8. The Morgan fingerprint density at radius 2 is 1.56 bits per heavy atom. The second-order valence-electron chi connectivity index (χ2n) is 11.4. The van der Waals surface area contributed by atoms with Gasteiger partial charge in [-0.1, -0.05) is 74.4 Å². The number of carbonyl (C=O) groups excluding carboxylic acids is 1. The van der Waals surface area contributed by atoms with Crippen LogP contribution in [0.3, 0.4) is 0 Å². The summed E-state index contributed by atoms with van der Waals surface area (Å²) in [6.07, 6.45) is 9.03. The van der Waals surface area contributed by atoms with Crippen molar-refractivity contribution in [2.75, 3.05) is 0 Å². The maximum Gasteiger partial charge on any atom is 0.264 e. The van der Waals surface area contributed by atoms with Gasteiger partial charge in [0.15, 0.2) is 15.6 Å². The fourth-order valence-electron chi connectivity index (χ4n) is 6.72. The van der Waals surface area contributed by atoms with E-state index in [0.29, 0.717) is 12.8 Å². The van der Waals surface area contributed by atoms with E-state index in [1.807, 2.05) is 13.0 Å². The highest BCUT2D eigenvalue weighted by Gasteiger charge is 2.59. The second kappa shape index (κ2) is 10.7. The number of nitrogens with zero attached hydrogens (tertiary/aromatic N) is 1. The van der Waals surface area contributed by atoms with Crippen LogP contribution in [-0.4, -0.2) is 38.2 Å². The Hall–Kier alpha value is -2.71. The van der Waals surface area contributed by atoms with Crippen molar-refractivity contribution in [2.45, 2.75) is 74.0 Å². The lowest BCUT2D eigenvalue weighted by atomic mass is 9.79. The number of hydrogen-bond donors (Lipinski definition) is 0. The minimum absolute atomic E-state index is 0.0667. The highest BCUT2D eigenvalue weighted by Crippen LogP contribution is 2.52. The molecular formula is C31H37NO5S2. The summed E-state index contributed by atoms with van der Waals surface area (Å²) in [4.78, 5) is 14.3. The van der Waals surface area contributed by atoms with Gasteiger partial charge in [0, 0.05) is 17.5 Å². The molecule has 6 rings (SSSR count). The van der Waals surface area contributed by atoms with E-state index >= 15 is 0 Å². The average molecular weight is 568 g/mol. The number of Topliss-reactive ketones (excluding diaryl/α,β-unsaturated/α-hetero) is 1. The molecule has 0 aromatic heterocycles. The van der Waals surface area contributed by atoms with Gasteiger partial charge in [-0.2, -0.15) is 0 Å². The van der Waals surface area contributed by atoms with Crippen LogP contribution in [-0.2, 0) is 24.7 Å². The molecule has 2 aliphatic heterocycles. The maximum absolute atomic E-state index is 14.4. The van der Waals surface area contributed by atoms with Crippen molar-refractivity contribution in [1.29, 1.82) is 0 Å². The van der Waals surface area contributed by atoms with Crippen LogP contribution in [0.15, 0.2) is 88.3 Å². The number of aryl methyl sites for hydroxylation is 1. The fraction of sp³-hybridized carbons (Fsp3) is 0.452. The van der Waals surface area contributed by atoms with Gasteiger partial charge in [0.05, 0.1) is 9.79 Å². The Balaban J connectivity index is 1.74. The third-order valence-electron chi connectivity index (χ3n) is 8.57. The van der Waals surface area contributed by atoms with Crippen LogP contribution in [0.5, 0.6) is 0 Å². The van der Waals surface area contributed by atoms with Gasteiger partial charge in [-0.25, -0.2) is 16.8 Å². The first-order chi connectivity index (χ1) is 18.5. The van der Waals surface area contributed by atoms with Crippen molar-refractivity contribution >= 4 is 25.6 Å². The summed E-state index contributed by atoms with van der Waals surface area (Å²) in [5.41, 5.74) is 1.15. The largest absolute Gasteiger partial charge is 0.297 e. The number of hydrogen-bond acceptors (Lipinski definition) is 5. The van der Waals surface area contributed by atoms with Gasteiger partial charge in [0.2, 0.25) is 0 Å². The number of sulfonamides is 1. The van der Waals surface area contributed by atoms with E-state index in [2.05, 4.69) is 26.0 Å². The van der Waals surface area contributed by atoms with Crippen molar-refractivity contribution in [3.8, 4) is 0 Å². The molecule has 0 unspecified atom stereocenters. The zero-order valence-corrected chi connectivity index (χ0v) is 24.4. The molecular weight excluding hydrogens is 530 g/mol. The molecule has 0 spiro atoms. The van der Waals surface area contributed by atoms with Crippen LogP contribution in [0.25, 0.3) is 0 Å². The summed E-state index contributed by atoms with van der Waals surface area (Å²) in [5, 5.41) is -1.07. The first-order valence-corrected chi connectivity index (χ1v) is 16.8. The third kappa shape index (κ3) is 4.91. The highest BCUT2D eigenvalue weighted by atomic mass is 32.2. The van der Waals surface area contributed by atoms with Crippen LogP contribution in [0.2, 0.25) is 0 Å². The first kappa shape index (κ1) is 27.8. The maximum atomic E-state index is 14.4. The van der Waals surface area contributed by atoms with Gasteiger partial charge in [-0.05, 0) is 68.7 Å². The van der Waals surface area contributed by atoms with Crippen LogP contribution in [0.4, 0.5) is 0 Å². The third-order valence-corrected chi connectivity index (χ3v) is 12.5. The molecule has 6 nitrogen and oxygen atoms in total. The van der Waals surface area contributed by atoms with Crippen LogP contribution >= 0.6 is 0 Å². The van der Waals surface area contributed by atoms with Gasteiger partial charge >= 0.3 is 0 Å². The Kier molecular flexibility index (Phi) is 7.63. The standard InChI is InChI=1S/C31H37NO5S2/c1-21(2)29-25-14-10-5-4-6-11-15-28(38(34,35)23-12-8-7-9-13-23)27-20-26(29)30(31(25)33)32(27)39(36,37)24-18-16-22(3)17-19-24/h5,7-10,12-13,16-21,25-26,28-30H,4,6,11,14-15H2,1-3H3/b10-5-/t25-,26+,28-,29-,30+/m0/s1. The SMILES string of the molecule is Cc1ccc(S(=O)(=O)N2C3=C[C@@H]4[C@@H](C(C)C)[C@H](C/C=C\CCCC[C@@H]3S(=O)(=O)c3ccccc3)C(=O)[C@@H]42)cc1. The molecule has 1 fully saturated rings. The molecule has 2 aromatic rings. The number of rotatable bonds is 5. The molecule has 4 aliphatic rings. The van der Waals surface area contributed by atoms with Crippen LogP contribution in [0.1, 0.15) is 51.5 Å². The number of benzene rings is 2. The molecule has 5 atom stereocenters. The molecule has 0 amide bonds. The van der Waals surface area contributed by atoms with Gasteiger partial charge in [0.1, 0.15) is 11.3 Å². The van der Waals surface area contributed by atoms with Crippen molar-refractivity contribution in [3.05, 3.63) is 84.1 Å². The van der Waals surface area contributed by atoms with Gasteiger partial charge in [-0.3, -0.25) is 9.10 Å². The molecule has 208 valence electrons. The monoisotopic (exact) mass is 567 g/mol. The predicted octanol–water partition coefficient (Wildman–Crippen LogP) is 5.70. The number of ketones is 1. The highest BCUT2D eigenvalue weighted by molar-refractivity contribution is 7.92. The van der Waals surface area contributed by atoms with E-state index in [1.54, 1.807) is 54.6 Å². The van der Waals surface area contributed by atoms with E-state index in [9.17, 15) is 21.6 Å². The molecule has 2 aliphatic carbocycles. The molecule has 0 N–H and O–H groups in total. The Labute approximate surface area is 232 Å². The topological polar surface area (TPSA) is 88.6 Å². The number of fused-ring (bicyclic) bond motifs is 6. The zero-order valence-electron chi connectivity index (χ0n) is 22.7. The molecule has 1 saturated carbocycles. The van der Waals surface area contributed by atoms with E-state index in [0.717, 1.165) is 18.4 Å². The molecule has 39 heavy (non-hydrogen) atoms.